The maximum atomic E-state index is 3.51. The third kappa shape index (κ3) is 5.18. The molecular formula is C46H33N3. The molecule has 1 aromatic heterocycles. The van der Waals surface area contributed by atoms with E-state index in [9.17, 15) is 0 Å². The van der Waals surface area contributed by atoms with Crippen LogP contribution in [0.1, 0.15) is 0 Å². The Bertz CT molecular complexity index is 2550. The van der Waals surface area contributed by atoms with Gasteiger partial charge in [-0.1, -0.05) is 115 Å². The molecule has 0 saturated heterocycles. The Kier molecular flexibility index (Phi) is 7.14. The van der Waals surface area contributed by atoms with Gasteiger partial charge in [-0.3, -0.25) is 0 Å². The summed E-state index contributed by atoms with van der Waals surface area (Å²) in [7, 11) is 0. The molecule has 0 amide bonds. The number of rotatable bonds is 7. The molecule has 49 heavy (non-hydrogen) atoms. The van der Waals surface area contributed by atoms with Gasteiger partial charge in [0.25, 0.3) is 0 Å². The molecule has 232 valence electrons. The molecule has 8 aromatic carbocycles. The summed E-state index contributed by atoms with van der Waals surface area (Å²) in [5, 5.41) is 8.38. The number of nitrogens with one attached hydrogen (secondary N) is 1. The summed E-state index contributed by atoms with van der Waals surface area (Å²) in [6.07, 6.45) is 0. The summed E-state index contributed by atoms with van der Waals surface area (Å²) in [6.45, 7) is 0. The van der Waals surface area contributed by atoms with Crippen molar-refractivity contribution in [2.75, 3.05) is 10.2 Å². The molecule has 0 spiro atoms. The molecule has 0 aliphatic heterocycles. The Labute approximate surface area is 285 Å². The van der Waals surface area contributed by atoms with Gasteiger partial charge in [0, 0.05) is 44.6 Å². The lowest BCUT2D eigenvalue weighted by Gasteiger charge is -2.27. The molecule has 0 aliphatic carbocycles. The van der Waals surface area contributed by atoms with Crippen molar-refractivity contribution in [3.05, 3.63) is 194 Å². The van der Waals surface area contributed by atoms with E-state index in [0.29, 0.717) is 0 Å². The molecule has 9 rings (SSSR count). The van der Waals surface area contributed by atoms with Gasteiger partial charge in [-0.2, -0.15) is 0 Å². The second-order valence-electron chi connectivity index (χ2n) is 12.3. The van der Waals surface area contributed by atoms with Crippen LogP contribution in [0.5, 0.6) is 0 Å². The van der Waals surface area contributed by atoms with Crippen molar-refractivity contribution in [2.45, 2.75) is 0 Å². The van der Waals surface area contributed by atoms with Gasteiger partial charge in [0.15, 0.2) is 0 Å². The van der Waals surface area contributed by atoms with Crippen LogP contribution in [0.15, 0.2) is 194 Å². The van der Waals surface area contributed by atoms with E-state index in [1.54, 1.807) is 0 Å². The average Bonchev–Trinajstić information content (AvgIpc) is 3.50. The number of fused-ring (bicyclic) bond motifs is 4. The lowest BCUT2D eigenvalue weighted by atomic mass is 9.96. The zero-order valence-corrected chi connectivity index (χ0v) is 26.9. The van der Waals surface area contributed by atoms with Crippen molar-refractivity contribution in [3.8, 4) is 16.8 Å². The standard InChI is InChI=1S/C46H33N3/c1-4-14-34(15-5-1)47-35-26-24-33(25-27-35)39-29-31-45(41-21-11-10-20-40(39)41)48(36-16-6-2-7-17-36)38-28-30-46-43(32-38)42-22-12-13-23-44(42)49(46)37-18-8-3-9-19-37/h1-32,47H. The Hall–Kier alpha value is -6.58. The molecule has 3 heteroatoms. The number of anilines is 5. The van der Waals surface area contributed by atoms with Gasteiger partial charge in [0.2, 0.25) is 0 Å². The van der Waals surface area contributed by atoms with Crippen molar-refractivity contribution in [1.82, 2.24) is 4.57 Å². The first-order valence-electron chi connectivity index (χ1n) is 16.7. The monoisotopic (exact) mass is 627 g/mol. The SMILES string of the molecule is c1ccc(Nc2ccc(-c3ccc(N(c4ccccc4)c4ccc5c(c4)c4ccccc4n5-c4ccccc4)c4ccccc34)cc2)cc1. The number of nitrogens with zero attached hydrogens (tertiary/aromatic N) is 2. The van der Waals surface area contributed by atoms with Gasteiger partial charge in [-0.15, -0.1) is 0 Å². The van der Waals surface area contributed by atoms with Crippen LogP contribution in [0.2, 0.25) is 0 Å². The Morgan fingerprint density at radius 2 is 0.980 bits per heavy atom. The first kappa shape index (κ1) is 28.6. The molecule has 0 bridgehead atoms. The molecule has 1 N–H and O–H groups in total. The molecule has 0 fully saturated rings. The summed E-state index contributed by atoms with van der Waals surface area (Å²) < 4.78 is 2.37. The van der Waals surface area contributed by atoms with E-state index in [1.807, 2.05) is 18.2 Å². The minimum absolute atomic E-state index is 1.06. The zero-order chi connectivity index (χ0) is 32.6. The minimum Gasteiger partial charge on any atom is -0.356 e. The highest BCUT2D eigenvalue weighted by molar-refractivity contribution is 6.12. The number of aromatic nitrogens is 1. The van der Waals surface area contributed by atoms with E-state index >= 15 is 0 Å². The van der Waals surface area contributed by atoms with Crippen molar-refractivity contribution < 1.29 is 0 Å². The third-order valence-electron chi connectivity index (χ3n) is 9.34. The highest BCUT2D eigenvalue weighted by Crippen LogP contribution is 2.44. The molecule has 0 unspecified atom stereocenters. The molecule has 0 saturated carbocycles. The summed E-state index contributed by atoms with van der Waals surface area (Å²) in [4.78, 5) is 2.40. The highest BCUT2D eigenvalue weighted by Gasteiger charge is 2.19. The van der Waals surface area contributed by atoms with Gasteiger partial charge in [-0.05, 0) is 95.4 Å². The van der Waals surface area contributed by atoms with Crippen molar-refractivity contribution >= 4 is 61.0 Å². The maximum absolute atomic E-state index is 3.51. The van der Waals surface area contributed by atoms with Crippen LogP contribution < -0.4 is 10.2 Å². The number of hydrogen-bond acceptors (Lipinski definition) is 2. The molecule has 3 nitrogen and oxygen atoms in total. The fourth-order valence-electron chi connectivity index (χ4n) is 7.11. The first-order valence-corrected chi connectivity index (χ1v) is 16.7. The van der Waals surface area contributed by atoms with E-state index < -0.39 is 0 Å². The zero-order valence-electron chi connectivity index (χ0n) is 26.9. The fraction of sp³-hybridized carbons (Fsp3) is 0. The van der Waals surface area contributed by atoms with Gasteiger partial charge < -0.3 is 14.8 Å². The van der Waals surface area contributed by atoms with Crippen LogP contribution in [0.25, 0.3) is 49.4 Å². The van der Waals surface area contributed by atoms with Crippen molar-refractivity contribution in [3.63, 3.8) is 0 Å². The van der Waals surface area contributed by atoms with Crippen LogP contribution in [-0.2, 0) is 0 Å². The van der Waals surface area contributed by atoms with E-state index in [4.69, 9.17) is 0 Å². The molecule has 1 heterocycles. The molecule has 0 aliphatic rings. The smallest absolute Gasteiger partial charge is 0.0542 e. The van der Waals surface area contributed by atoms with Crippen LogP contribution in [0.3, 0.4) is 0 Å². The largest absolute Gasteiger partial charge is 0.356 e. The number of para-hydroxylation sites is 4. The van der Waals surface area contributed by atoms with Crippen LogP contribution in [0, 0.1) is 0 Å². The normalized spacial score (nSPS) is 11.3. The summed E-state index contributed by atoms with van der Waals surface area (Å²) in [6, 6.07) is 69.2. The summed E-state index contributed by atoms with van der Waals surface area (Å²) in [5.74, 6) is 0. The second kappa shape index (κ2) is 12.2. The highest BCUT2D eigenvalue weighted by atomic mass is 15.1. The lowest BCUT2D eigenvalue weighted by Crippen LogP contribution is -2.10. The summed E-state index contributed by atoms with van der Waals surface area (Å²) in [5.41, 5.74) is 11.4. The molecule has 0 radical (unpaired) electrons. The van der Waals surface area contributed by atoms with Gasteiger partial charge in [-0.25, -0.2) is 0 Å². The number of benzene rings is 8. The van der Waals surface area contributed by atoms with Crippen molar-refractivity contribution in [1.29, 1.82) is 0 Å². The fourth-order valence-corrected chi connectivity index (χ4v) is 7.11. The van der Waals surface area contributed by atoms with Crippen LogP contribution in [-0.4, -0.2) is 4.57 Å². The van der Waals surface area contributed by atoms with Crippen LogP contribution >= 0.6 is 0 Å². The third-order valence-corrected chi connectivity index (χ3v) is 9.34. The Morgan fingerprint density at radius 1 is 0.388 bits per heavy atom. The van der Waals surface area contributed by atoms with Gasteiger partial charge in [0.05, 0.1) is 16.7 Å². The topological polar surface area (TPSA) is 20.2 Å². The Morgan fingerprint density at radius 3 is 1.73 bits per heavy atom. The van der Waals surface area contributed by atoms with Gasteiger partial charge in [0.1, 0.15) is 0 Å². The quantitative estimate of drug-likeness (QED) is 0.190. The van der Waals surface area contributed by atoms with Gasteiger partial charge >= 0.3 is 0 Å². The molecule has 0 atom stereocenters. The second-order valence-corrected chi connectivity index (χ2v) is 12.3. The number of hydrogen-bond donors (Lipinski definition) is 1. The lowest BCUT2D eigenvalue weighted by molar-refractivity contribution is 1.18. The summed E-state index contributed by atoms with van der Waals surface area (Å²) >= 11 is 0. The van der Waals surface area contributed by atoms with E-state index in [1.165, 1.54) is 43.7 Å². The average molecular weight is 628 g/mol. The Balaban J connectivity index is 1.19. The van der Waals surface area contributed by atoms with E-state index in [2.05, 4.69) is 191 Å². The predicted molar refractivity (Wildman–Crippen MR) is 208 cm³/mol. The maximum Gasteiger partial charge on any atom is 0.0542 e. The van der Waals surface area contributed by atoms with Crippen LogP contribution in [0.4, 0.5) is 28.4 Å². The minimum atomic E-state index is 1.06. The van der Waals surface area contributed by atoms with E-state index in [-0.39, 0.29) is 0 Å². The molecular weight excluding hydrogens is 595 g/mol. The van der Waals surface area contributed by atoms with E-state index in [0.717, 1.165) is 34.1 Å². The first-order chi connectivity index (χ1) is 24.3. The predicted octanol–water partition coefficient (Wildman–Crippen LogP) is 12.8. The van der Waals surface area contributed by atoms with Crippen molar-refractivity contribution in [2.24, 2.45) is 0 Å². The molecule has 9 aromatic rings.